The van der Waals surface area contributed by atoms with Crippen molar-refractivity contribution in [3.8, 4) is 0 Å². The van der Waals surface area contributed by atoms with Crippen molar-refractivity contribution in [3.63, 3.8) is 0 Å². The highest BCUT2D eigenvalue weighted by Crippen LogP contribution is 2.23. The first-order valence-corrected chi connectivity index (χ1v) is 5.98. The molecular formula is C11H16ClN3O2. The molecule has 0 spiro atoms. The van der Waals surface area contributed by atoms with Crippen molar-refractivity contribution in [2.75, 3.05) is 24.7 Å². The summed E-state index contributed by atoms with van der Waals surface area (Å²) in [5.74, 6) is 0.819. The van der Waals surface area contributed by atoms with Crippen LogP contribution in [0.1, 0.15) is 12.5 Å². The van der Waals surface area contributed by atoms with Gasteiger partial charge in [-0.1, -0.05) is 0 Å². The molecule has 1 aliphatic heterocycles. The molecular weight excluding hydrogens is 242 g/mol. The highest BCUT2D eigenvalue weighted by atomic mass is 35.5. The monoisotopic (exact) mass is 257 g/mol. The summed E-state index contributed by atoms with van der Waals surface area (Å²) in [4.78, 5) is 10.3. The molecule has 17 heavy (non-hydrogen) atoms. The van der Waals surface area contributed by atoms with Crippen LogP contribution in [-0.2, 0) is 4.74 Å². The Morgan fingerprint density at radius 3 is 3.12 bits per heavy atom. The fourth-order valence-corrected chi connectivity index (χ4v) is 2.05. The van der Waals surface area contributed by atoms with Crippen molar-refractivity contribution < 1.29 is 9.84 Å². The molecule has 94 valence electrons. The second-order valence-electron chi connectivity index (χ2n) is 4.28. The fraction of sp³-hybridized carbons (Fsp3) is 0.636. The van der Waals surface area contributed by atoms with Gasteiger partial charge in [-0.2, -0.15) is 0 Å². The van der Waals surface area contributed by atoms with Gasteiger partial charge in [-0.3, -0.25) is 0 Å². The van der Waals surface area contributed by atoms with Crippen LogP contribution in [0.3, 0.4) is 0 Å². The van der Waals surface area contributed by atoms with Gasteiger partial charge in [-0.05, 0) is 25.4 Å². The molecule has 1 fully saturated rings. The molecule has 1 saturated heterocycles. The van der Waals surface area contributed by atoms with E-state index in [1.54, 1.807) is 6.20 Å². The third-order valence-corrected chi connectivity index (χ3v) is 3.08. The average molecular weight is 258 g/mol. The van der Waals surface area contributed by atoms with E-state index < -0.39 is 0 Å². The molecule has 0 saturated carbocycles. The zero-order chi connectivity index (χ0) is 12.4. The molecule has 0 radical (unpaired) electrons. The number of anilines is 1. The molecule has 0 aliphatic carbocycles. The Morgan fingerprint density at radius 2 is 2.41 bits per heavy atom. The molecule has 1 aromatic rings. The van der Waals surface area contributed by atoms with Gasteiger partial charge in [-0.15, -0.1) is 0 Å². The Labute approximate surface area is 105 Å². The molecule has 0 amide bonds. The van der Waals surface area contributed by atoms with Gasteiger partial charge in [0.25, 0.3) is 0 Å². The van der Waals surface area contributed by atoms with Gasteiger partial charge in [0.15, 0.2) is 0 Å². The third-order valence-electron chi connectivity index (χ3n) is 2.90. The molecule has 1 aromatic heterocycles. The lowest BCUT2D eigenvalue weighted by Gasteiger charge is -2.38. The van der Waals surface area contributed by atoms with Crippen LogP contribution < -0.4 is 4.90 Å². The van der Waals surface area contributed by atoms with Crippen LogP contribution in [0.2, 0.25) is 5.28 Å². The minimum Gasteiger partial charge on any atom is -0.394 e. The number of aliphatic hydroxyl groups excluding tert-OH is 1. The summed E-state index contributed by atoms with van der Waals surface area (Å²) in [5, 5.41) is 9.40. The third kappa shape index (κ3) is 2.68. The first kappa shape index (κ1) is 12.5. The zero-order valence-corrected chi connectivity index (χ0v) is 10.7. The number of halogens is 1. The summed E-state index contributed by atoms with van der Waals surface area (Å²) < 4.78 is 5.49. The Morgan fingerprint density at radius 1 is 1.65 bits per heavy atom. The highest BCUT2D eigenvalue weighted by Gasteiger charge is 2.27. The van der Waals surface area contributed by atoms with Crippen LogP contribution >= 0.6 is 11.6 Å². The molecule has 2 unspecified atom stereocenters. The number of aliphatic hydroxyl groups is 1. The van der Waals surface area contributed by atoms with Crippen LogP contribution in [0.4, 0.5) is 5.82 Å². The van der Waals surface area contributed by atoms with Crippen LogP contribution in [-0.4, -0.2) is 47.0 Å². The summed E-state index contributed by atoms with van der Waals surface area (Å²) in [7, 11) is 0. The second kappa shape index (κ2) is 5.16. The highest BCUT2D eigenvalue weighted by molar-refractivity contribution is 6.28. The van der Waals surface area contributed by atoms with Crippen LogP contribution in [0.5, 0.6) is 0 Å². The SMILES string of the molecule is Cc1cnc(Cl)nc1N1CC(CO)OCC1C. The second-order valence-corrected chi connectivity index (χ2v) is 4.62. The number of morpholine rings is 1. The van der Waals surface area contributed by atoms with Gasteiger partial charge in [0.1, 0.15) is 5.82 Å². The van der Waals surface area contributed by atoms with Gasteiger partial charge in [0, 0.05) is 18.3 Å². The van der Waals surface area contributed by atoms with E-state index in [0.29, 0.717) is 13.2 Å². The van der Waals surface area contributed by atoms with E-state index in [1.807, 2.05) is 6.92 Å². The van der Waals surface area contributed by atoms with Crippen molar-refractivity contribution in [1.82, 2.24) is 9.97 Å². The van der Waals surface area contributed by atoms with E-state index >= 15 is 0 Å². The van der Waals surface area contributed by atoms with E-state index in [2.05, 4.69) is 21.8 Å². The summed E-state index contributed by atoms with van der Waals surface area (Å²) in [6.07, 6.45) is 1.54. The number of hydrogen-bond donors (Lipinski definition) is 1. The van der Waals surface area contributed by atoms with Gasteiger partial charge in [-0.25, -0.2) is 9.97 Å². The smallest absolute Gasteiger partial charge is 0.224 e. The maximum atomic E-state index is 9.16. The predicted octanol–water partition coefficient (Wildman–Crippen LogP) is 1.02. The topological polar surface area (TPSA) is 58.5 Å². The number of ether oxygens (including phenoxy) is 1. The number of aryl methyl sites for hydroxylation is 1. The van der Waals surface area contributed by atoms with E-state index in [1.165, 1.54) is 0 Å². The normalized spacial score (nSPS) is 25.1. The van der Waals surface area contributed by atoms with Crippen LogP contribution in [0.25, 0.3) is 0 Å². The van der Waals surface area contributed by atoms with Crippen molar-refractivity contribution in [2.24, 2.45) is 0 Å². The predicted molar refractivity (Wildman–Crippen MR) is 65.4 cm³/mol. The number of aromatic nitrogens is 2. The Hall–Kier alpha value is -0.910. The van der Waals surface area contributed by atoms with Crippen molar-refractivity contribution >= 4 is 17.4 Å². The molecule has 2 heterocycles. The summed E-state index contributed by atoms with van der Waals surface area (Å²) >= 11 is 5.82. The van der Waals surface area contributed by atoms with Crippen LogP contribution in [0.15, 0.2) is 6.20 Å². The van der Waals surface area contributed by atoms with Crippen LogP contribution in [0, 0.1) is 6.92 Å². The van der Waals surface area contributed by atoms with E-state index in [0.717, 1.165) is 11.4 Å². The lowest BCUT2D eigenvalue weighted by molar-refractivity contribution is -0.0106. The lowest BCUT2D eigenvalue weighted by Crippen LogP contribution is -2.50. The molecule has 2 rings (SSSR count). The van der Waals surface area contributed by atoms with Crippen molar-refractivity contribution in [1.29, 1.82) is 0 Å². The quantitative estimate of drug-likeness (QED) is 0.802. The van der Waals surface area contributed by atoms with Gasteiger partial charge in [0.05, 0.1) is 25.4 Å². The maximum absolute atomic E-state index is 9.16. The minimum atomic E-state index is -0.167. The fourth-order valence-electron chi connectivity index (χ4n) is 1.93. The Balaban J connectivity index is 2.27. The van der Waals surface area contributed by atoms with E-state index in [-0.39, 0.29) is 24.0 Å². The maximum Gasteiger partial charge on any atom is 0.224 e. The van der Waals surface area contributed by atoms with E-state index in [9.17, 15) is 0 Å². The molecule has 1 aliphatic rings. The molecule has 2 atom stereocenters. The summed E-state index contributed by atoms with van der Waals surface area (Å²) in [6.45, 7) is 5.21. The van der Waals surface area contributed by atoms with E-state index in [4.69, 9.17) is 21.4 Å². The zero-order valence-electron chi connectivity index (χ0n) is 9.93. The van der Waals surface area contributed by atoms with Gasteiger partial charge in [0.2, 0.25) is 5.28 Å². The largest absolute Gasteiger partial charge is 0.394 e. The molecule has 1 N–H and O–H groups in total. The molecule has 6 heteroatoms. The number of hydrogen-bond acceptors (Lipinski definition) is 5. The first-order chi connectivity index (χ1) is 8.11. The van der Waals surface area contributed by atoms with Gasteiger partial charge < -0.3 is 14.7 Å². The Kier molecular flexibility index (Phi) is 3.81. The summed E-state index contributed by atoms with van der Waals surface area (Å²) in [5.41, 5.74) is 0.972. The minimum absolute atomic E-state index is 0.0150. The molecule has 0 bridgehead atoms. The molecule has 0 aromatic carbocycles. The van der Waals surface area contributed by atoms with Gasteiger partial charge >= 0.3 is 0 Å². The Bertz CT molecular complexity index is 402. The summed E-state index contributed by atoms with van der Waals surface area (Å²) in [6, 6.07) is 0.211. The lowest BCUT2D eigenvalue weighted by atomic mass is 10.2. The number of nitrogens with zero attached hydrogens (tertiary/aromatic N) is 3. The molecule has 5 nitrogen and oxygen atoms in total. The van der Waals surface area contributed by atoms with Crippen molar-refractivity contribution in [2.45, 2.75) is 26.0 Å². The number of rotatable bonds is 2. The standard InChI is InChI=1S/C11H16ClN3O2/c1-7-3-13-11(12)14-10(7)15-4-9(5-16)17-6-8(15)2/h3,8-9,16H,4-6H2,1-2H3. The average Bonchev–Trinajstić information content (AvgIpc) is 2.33. The first-order valence-electron chi connectivity index (χ1n) is 5.60. The van der Waals surface area contributed by atoms with Crippen molar-refractivity contribution in [3.05, 3.63) is 17.0 Å².